The van der Waals surface area contributed by atoms with Gasteiger partial charge in [-0.3, -0.25) is 4.79 Å². The van der Waals surface area contributed by atoms with E-state index in [1.165, 1.54) is 24.3 Å². The lowest BCUT2D eigenvalue weighted by Crippen LogP contribution is -2.57. The summed E-state index contributed by atoms with van der Waals surface area (Å²) in [5.74, 6) is -3.15. The van der Waals surface area contributed by atoms with Crippen LogP contribution in [0.1, 0.15) is 30.9 Å². The Bertz CT molecular complexity index is 960. The van der Waals surface area contributed by atoms with Crippen LogP contribution >= 0.6 is 12.4 Å². The quantitative estimate of drug-likeness (QED) is 0.720. The highest BCUT2D eigenvalue weighted by Gasteiger charge is 2.48. The summed E-state index contributed by atoms with van der Waals surface area (Å²) < 4.78 is 41.1. The predicted octanol–water partition coefficient (Wildman–Crippen LogP) is 3.83. The molecular weight excluding hydrogens is 441 g/mol. The van der Waals surface area contributed by atoms with E-state index in [2.05, 4.69) is 5.32 Å². The minimum atomic E-state index is -1.18. The summed E-state index contributed by atoms with van der Waals surface area (Å²) in [6.07, 6.45) is 0. The van der Waals surface area contributed by atoms with Gasteiger partial charge in [0.15, 0.2) is 0 Å². The van der Waals surface area contributed by atoms with E-state index in [4.69, 9.17) is 0 Å². The Morgan fingerprint density at radius 2 is 1.59 bits per heavy atom. The molecule has 8 heteroatoms. The van der Waals surface area contributed by atoms with Gasteiger partial charge >= 0.3 is 0 Å². The highest BCUT2D eigenvalue weighted by atomic mass is 35.5. The number of nitrogens with one attached hydrogen (secondary N) is 1. The highest BCUT2D eigenvalue weighted by Crippen LogP contribution is 2.42. The van der Waals surface area contributed by atoms with Crippen LogP contribution in [0.25, 0.3) is 0 Å². The second-order valence-electron chi connectivity index (χ2n) is 8.91. The molecule has 1 amide bonds. The summed E-state index contributed by atoms with van der Waals surface area (Å²) in [6.45, 7) is 5.30. The third kappa shape index (κ3) is 4.26. The molecule has 174 valence electrons. The molecule has 32 heavy (non-hydrogen) atoms. The predicted molar refractivity (Wildman–Crippen MR) is 118 cm³/mol. The Morgan fingerprint density at radius 3 is 2.19 bits per heavy atom. The lowest BCUT2D eigenvalue weighted by Gasteiger charge is -2.48. The average Bonchev–Trinajstić information content (AvgIpc) is 3.21. The fourth-order valence-electron chi connectivity index (χ4n) is 5.27. The van der Waals surface area contributed by atoms with Crippen molar-refractivity contribution in [1.29, 1.82) is 0 Å². The summed E-state index contributed by atoms with van der Waals surface area (Å²) in [5, 5.41) is 14.6. The zero-order valence-electron chi connectivity index (χ0n) is 18.0. The van der Waals surface area contributed by atoms with Gasteiger partial charge in [-0.15, -0.1) is 12.4 Å². The lowest BCUT2D eigenvalue weighted by molar-refractivity contribution is -0.152. The Hall–Kier alpha value is -2.09. The number of halogens is 4. The number of carbonyl (C=O) groups excluding carboxylic acids is 1. The van der Waals surface area contributed by atoms with Crippen LogP contribution < -0.4 is 5.32 Å². The third-order valence-electron chi connectivity index (χ3n) is 7.00. The van der Waals surface area contributed by atoms with E-state index in [-0.39, 0.29) is 41.9 Å². The van der Waals surface area contributed by atoms with Crippen molar-refractivity contribution in [2.24, 2.45) is 17.8 Å². The van der Waals surface area contributed by atoms with E-state index in [9.17, 15) is 23.1 Å². The maximum absolute atomic E-state index is 14.4. The average molecular weight is 469 g/mol. The normalized spacial score (nSPS) is 30.1. The summed E-state index contributed by atoms with van der Waals surface area (Å²) in [7, 11) is 0. The van der Waals surface area contributed by atoms with Crippen molar-refractivity contribution in [2.75, 3.05) is 26.2 Å². The van der Waals surface area contributed by atoms with Gasteiger partial charge in [0.05, 0.1) is 11.5 Å². The molecule has 0 aliphatic carbocycles. The second-order valence-corrected chi connectivity index (χ2v) is 8.91. The molecule has 0 radical (unpaired) electrons. The lowest BCUT2D eigenvalue weighted by atomic mass is 9.70. The minimum Gasteiger partial charge on any atom is -0.384 e. The first-order valence-electron chi connectivity index (χ1n) is 10.6. The SMILES string of the molecule is C[C@@H]1CN(C(=O)[C@@H]2CNC[C@H]2c2ccc(F)cc2F)C[C@H](C)[C@]1(O)c1ccc(F)cc1.Cl. The van der Waals surface area contributed by atoms with E-state index in [1.807, 2.05) is 13.8 Å². The molecule has 0 aromatic heterocycles. The molecular formula is C24H28ClF3N2O2. The Morgan fingerprint density at radius 1 is 1.00 bits per heavy atom. The molecule has 5 atom stereocenters. The topological polar surface area (TPSA) is 52.6 Å². The van der Waals surface area contributed by atoms with Crippen molar-refractivity contribution in [3.8, 4) is 0 Å². The van der Waals surface area contributed by atoms with Crippen molar-refractivity contribution in [1.82, 2.24) is 10.2 Å². The third-order valence-corrected chi connectivity index (χ3v) is 7.00. The first-order chi connectivity index (χ1) is 14.7. The van der Waals surface area contributed by atoms with Crippen LogP contribution in [0.4, 0.5) is 13.2 Å². The molecule has 2 fully saturated rings. The van der Waals surface area contributed by atoms with Gasteiger partial charge in [-0.25, -0.2) is 13.2 Å². The van der Waals surface area contributed by atoms with E-state index in [0.717, 1.165) is 6.07 Å². The molecule has 2 aliphatic rings. The second kappa shape index (κ2) is 9.41. The molecule has 0 unspecified atom stereocenters. The fraction of sp³-hybridized carbons (Fsp3) is 0.458. The molecule has 2 aromatic carbocycles. The molecule has 2 saturated heterocycles. The Balaban J connectivity index is 0.00000289. The highest BCUT2D eigenvalue weighted by molar-refractivity contribution is 5.85. The zero-order valence-corrected chi connectivity index (χ0v) is 18.8. The maximum Gasteiger partial charge on any atom is 0.227 e. The van der Waals surface area contributed by atoms with Gasteiger partial charge in [0.2, 0.25) is 5.91 Å². The first-order valence-corrected chi connectivity index (χ1v) is 10.6. The van der Waals surface area contributed by atoms with Crippen LogP contribution in [-0.4, -0.2) is 42.1 Å². The Kier molecular flexibility index (Phi) is 7.22. The van der Waals surface area contributed by atoms with E-state index >= 15 is 0 Å². The van der Waals surface area contributed by atoms with Crippen molar-refractivity contribution >= 4 is 18.3 Å². The number of amides is 1. The summed E-state index contributed by atoms with van der Waals surface area (Å²) in [6, 6.07) is 9.32. The van der Waals surface area contributed by atoms with Gasteiger partial charge in [-0.1, -0.05) is 32.0 Å². The molecule has 0 bridgehead atoms. The molecule has 2 aliphatic heterocycles. The van der Waals surface area contributed by atoms with E-state index in [0.29, 0.717) is 37.3 Å². The van der Waals surface area contributed by atoms with Crippen LogP contribution in [0.3, 0.4) is 0 Å². The van der Waals surface area contributed by atoms with Crippen molar-refractivity contribution in [3.05, 3.63) is 71.0 Å². The molecule has 2 N–H and O–H groups in total. The van der Waals surface area contributed by atoms with Crippen LogP contribution in [0, 0.1) is 35.2 Å². The van der Waals surface area contributed by atoms with Gasteiger partial charge in [0.1, 0.15) is 17.5 Å². The number of aliphatic hydroxyl groups is 1. The number of likely N-dealkylation sites (tertiary alicyclic amines) is 1. The zero-order chi connectivity index (χ0) is 22.3. The monoisotopic (exact) mass is 468 g/mol. The number of nitrogens with zero attached hydrogens (tertiary/aromatic N) is 1. The molecule has 4 nitrogen and oxygen atoms in total. The van der Waals surface area contributed by atoms with Crippen LogP contribution in [-0.2, 0) is 10.4 Å². The van der Waals surface area contributed by atoms with E-state index in [1.54, 1.807) is 17.0 Å². The van der Waals surface area contributed by atoms with Gasteiger partial charge in [-0.05, 0) is 29.3 Å². The fourth-order valence-corrected chi connectivity index (χ4v) is 5.27. The minimum absolute atomic E-state index is 0. The van der Waals surface area contributed by atoms with Crippen molar-refractivity contribution in [2.45, 2.75) is 25.4 Å². The largest absolute Gasteiger partial charge is 0.384 e. The van der Waals surface area contributed by atoms with Gasteiger partial charge in [0, 0.05) is 50.0 Å². The van der Waals surface area contributed by atoms with Crippen LogP contribution in [0.15, 0.2) is 42.5 Å². The maximum atomic E-state index is 14.4. The molecule has 4 rings (SSSR count). The van der Waals surface area contributed by atoms with E-state index < -0.39 is 23.2 Å². The smallest absolute Gasteiger partial charge is 0.227 e. The number of carbonyl (C=O) groups is 1. The Labute approximate surface area is 192 Å². The van der Waals surface area contributed by atoms with Crippen molar-refractivity contribution < 1.29 is 23.1 Å². The van der Waals surface area contributed by atoms with Gasteiger partial charge in [-0.2, -0.15) is 0 Å². The number of benzene rings is 2. The van der Waals surface area contributed by atoms with Gasteiger partial charge in [0.25, 0.3) is 0 Å². The first kappa shape index (κ1) is 24.6. The van der Waals surface area contributed by atoms with Crippen LogP contribution in [0.5, 0.6) is 0 Å². The molecule has 2 aromatic rings. The molecule has 0 saturated carbocycles. The van der Waals surface area contributed by atoms with Crippen molar-refractivity contribution in [3.63, 3.8) is 0 Å². The standard InChI is InChI=1S/C24H27F3N2O2.ClH/c1-14-12-29(13-15(2)24(14,31)16-3-5-17(25)6-4-16)23(30)21-11-28-10-20(21)19-8-7-18(26)9-22(19)27;/h3-9,14-15,20-21,28,31H,10-13H2,1-2H3;1H/t14-,15+,20-,21+,24+;/m0./s1. The summed E-state index contributed by atoms with van der Waals surface area (Å²) in [4.78, 5) is 15.1. The number of hydrogen-bond donors (Lipinski definition) is 2. The summed E-state index contributed by atoms with van der Waals surface area (Å²) in [5.41, 5.74) is -0.207. The number of rotatable bonds is 3. The van der Waals surface area contributed by atoms with Crippen LogP contribution in [0.2, 0.25) is 0 Å². The molecule has 2 heterocycles. The van der Waals surface area contributed by atoms with Gasteiger partial charge < -0.3 is 15.3 Å². The number of hydrogen-bond acceptors (Lipinski definition) is 3. The molecule has 0 spiro atoms. The summed E-state index contributed by atoms with van der Waals surface area (Å²) >= 11 is 0. The number of piperidine rings is 1.